The van der Waals surface area contributed by atoms with Gasteiger partial charge in [-0.3, -0.25) is 14.4 Å². The van der Waals surface area contributed by atoms with Crippen LogP contribution in [0.4, 0.5) is 11.4 Å². The quantitative estimate of drug-likeness (QED) is 0.866. The Hall–Kier alpha value is -3.15. The first-order chi connectivity index (χ1) is 12.5. The van der Waals surface area contributed by atoms with Crippen LogP contribution in [0.2, 0.25) is 0 Å². The number of hydrogen-bond acceptors (Lipinski definition) is 3. The second-order valence-corrected chi connectivity index (χ2v) is 6.26. The van der Waals surface area contributed by atoms with Crippen molar-refractivity contribution in [2.45, 2.75) is 19.8 Å². The van der Waals surface area contributed by atoms with E-state index in [4.69, 9.17) is 5.11 Å². The smallest absolute Gasteiger partial charge is 0.308 e. The first kappa shape index (κ1) is 17.7. The Bertz CT molecular complexity index is 862. The number of aliphatic carboxylic acids is 1. The van der Waals surface area contributed by atoms with Crippen molar-refractivity contribution in [3.8, 4) is 0 Å². The van der Waals surface area contributed by atoms with E-state index in [9.17, 15) is 14.4 Å². The minimum absolute atomic E-state index is 0.0182. The average Bonchev–Trinajstić information content (AvgIpc) is 3.04. The number of carbonyl (C=O) groups is 3. The van der Waals surface area contributed by atoms with Gasteiger partial charge in [0.1, 0.15) is 0 Å². The maximum atomic E-state index is 12.6. The summed E-state index contributed by atoms with van der Waals surface area (Å²) in [6.07, 6.45) is 0.783. The van der Waals surface area contributed by atoms with Gasteiger partial charge in [-0.15, -0.1) is 0 Å². The van der Waals surface area contributed by atoms with Crippen molar-refractivity contribution in [1.82, 2.24) is 0 Å². The molecule has 2 aromatic carbocycles. The topological polar surface area (TPSA) is 86.7 Å². The van der Waals surface area contributed by atoms with Crippen molar-refractivity contribution in [2.75, 3.05) is 16.8 Å². The normalized spacial score (nSPS) is 16.6. The number of para-hydroxylation sites is 1. The molecule has 0 unspecified atom stereocenters. The van der Waals surface area contributed by atoms with Gasteiger partial charge < -0.3 is 15.3 Å². The fraction of sp³-hybridized carbons (Fsp3) is 0.250. The number of anilines is 2. The fourth-order valence-electron chi connectivity index (χ4n) is 3.08. The van der Waals surface area contributed by atoms with E-state index in [1.165, 1.54) is 4.90 Å². The standard InChI is InChI=1S/C20H20N2O4/c1-2-13-6-3-4-9-17(13)21-19(24)14-7-5-8-16(10-14)22-12-15(20(25)26)11-18(22)23/h3-10,15H,2,11-12H2,1H3,(H,21,24)(H,25,26)/t15-/m0/s1. The molecule has 6 heteroatoms. The third-order valence-corrected chi connectivity index (χ3v) is 4.54. The molecule has 1 aliphatic heterocycles. The van der Waals surface area contributed by atoms with Crippen LogP contribution >= 0.6 is 0 Å². The molecule has 1 aliphatic rings. The predicted molar refractivity (Wildman–Crippen MR) is 98.3 cm³/mol. The highest BCUT2D eigenvalue weighted by Crippen LogP contribution is 2.26. The van der Waals surface area contributed by atoms with Gasteiger partial charge in [-0.1, -0.05) is 31.2 Å². The van der Waals surface area contributed by atoms with Crippen LogP contribution in [0.5, 0.6) is 0 Å². The third kappa shape index (κ3) is 3.59. The lowest BCUT2D eigenvalue weighted by Gasteiger charge is -2.17. The zero-order chi connectivity index (χ0) is 18.7. The van der Waals surface area contributed by atoms with Crippen molar-refractivity contribution < 1.29 is 19.5 Å². The molecule has 1 heterocycles. The van der Waals surface area contributed by atoms with Crippen LogP contribution in [0, 0.1) is 5.92 Å². The highest BCUT2D eigenvalue weighted by molar-refractivity contribution is 6.06. The summed E-state index contributed by atoms with van der Waals surface area (Å²) in [6.45, 7) is 2.14. The van der Waals surface area contributed by atoms with E-state index in [0.29, 0.717) is 11.3 Å². The summed E-state index contributed by atoms with van der Waals surface area (Å²) in [4.78, 5) is 37.2. The number of amides is 2. The van der Waals surface area contributed by atoms with Crippen molar-refractivity contribution in [3.63, 3.8) is 0 Å². The zero-order valence-electron chi connectivity index (χ0n) is 14.4. The number of benzene rings is 2. The summed E-state index contributed by atoms with van der Waals surface area (Å²) in [6, 6.07) is 14.3. The molecule has 0 bridgehead atoms. The molecule has 1 atom stereocenters. The van der Waals surface area contributed by atoms with Crippen LogP contribution in [-0.4, -0.2) is 29.4 Å². The first-order valence-electron chi connectivity index (χ1n) is 8.52. The van der Waals surface area contributed by atoms with Crippen LogP contribution in [0.15, 0.2) is 48.5 Å². The first-order valence-corrected chi connectivity index (χ1v) is 8.52. The van der Waals surface area contributed by atoms with Crippen molar-refractivity contribution in [3.05, 3.63) is 59.7 Å². The number of carbonyl (C=O) groups excluding carboxylic acids is 2. The number of aryl methyl sites for hydroxylation is 1. The molecular weight excluding hydrogens is 332 g/mol. The molecule has 3 rings (SSSR count). The summed E-state index contributed by atoms with van der Waals surface area (Å²) in [5, 5.41) is 12.0. The summed E-state index contributed by atoms with van der Waals surface area (Å²) >= 11 is 0. The number of carboxylic acids is 1. The highest BCUT2D eigenvalue weighted by atomic mass is 16.4. The maximum absolute atomic E-state index is 12.6. The van der Waals surface area contributed by atoms with Crippen LogP contribution in [0.1, 0.15) is 29.3 Å². The van der Waals surface area contributed by atoms with Gasteiger partial charge >= 0.3 is 5.97 Å². The predicted octanol–water partition coefficient (Wildman–Crippen LogP) is 2.94. The van der Waals surface area contributed by atoms with Crippen LogP contribution in [-0.2, 0) is 16.0 Å². The van der Waals surface area contributed by atoms with Gasteiger partial charge in [-0.25, -0.2) is 0 Å². The van der Waals surface area contributed by atoms with Crippen LogP contribution < -0.4 is 10.2 Å². The number of nitrogens with one attached hydrogen (secondary N) is 1. The summed E-state index contributed by atoms with van der Waals surface area (Å²) in [5.74, 6) is -2.21. The number of nitrogens with zero attached hydrogens (tertiary/aromatic N) is 1. The molecular formula is C20H20N2O4. The summed E-state index contributed by atoms with van der Waals surface area (Å²) in [5.41, 5.74) is 2.75. The molecule has 1 saturated heterocycles. The molecule has 2 N–H and O–H groups in total. The fourth-order valence-corrected chi connectivity index (χ4v) is 3.08. The zero-order valence-corrected chi connectivity index (χ0v) is 14.4. The third-order valence-electron chi connectivity index (χ3n) is 4.54. The highest BCUT2D eigenvalue weighted by Gasteiger charge is 2.35. The Balaban J connectivity index is 1.80. The average molecular weight is 352 g/mol. The van der Waals surface area contributed by atoms with Gasteiger partial charge in [0.15, 0.2) is 0 Å². The lowest BCUT2D eigenvalue weighted by molar-refractivity contribution is -0.141. The molecule has 0 aliphatic carbocycles. The summed E-state index contributed by atoms with van der Waals surface area (Å²) < 4.78 is 0. The van der Waals surface area contributed by atoms with E-state index in [-0.39, 0.29) is 24.8 Å². The lowest BCUT2D eigenvalue weighted by Crippen LogP contribution is -2.26. The minimum atomic E-state index is -0.981. The van der Waals surface area contributed by atoms with Crippen molar-refractivity contribution >= 4 is 29.2 Å². The number of carboxylic acid groups (broad SMARTS) is 1. The Morgan fingerprint density at radius 2 is 1.96 bits per heavy atom. The monoisotopic (exact) mass is 352 g/mol. The van der Waals surface area contributed by atoms with Gasteiger partial charge in [0.25, 0.3) is 5.91 Å². The van der Waals surface area contributed by atoms with Gasteiger partial charge in [0.05, 0.1) is 5.92 Å². The van der Waals surface area contributed by atoms with E-state index in [0.717, 1.165) is 17.7 Å². The van der Waals surface area contributed by atoms with Gasteiger partial charge in [-0.2, -0.15) is 0 Å². The minimum Gasteiger partial charge on any atom is -0.481 e. The molecule has 2 amide bonds. The second kappa shape index (κ2) is 7.39. The van der Waals surface area contributed by atoms with Crippen LogP contribution in [0.25, 0.3) is 0 Å². The van der Waals surface area contributed by atoms with E-state index in [1.807, 2.05) is 31.2 Å². The Morgan fingerprint density at radius 3 is 2.65 bits per heavy atom. The maximum Gasteiger partial charge on any atom is 0.308 e. The van der Waals surface area contributed by atoms with Gasteiger partial charge in [0, 0.05) is 29.9 Å². The van der Waals surface area contributed by atoms with Gasteiger partial charge in [-0.05, 0) is 36.2 Å². The Morgan fingerprint density at radius 1 is 1.19 bits per heavy atom. The van der Waals surface area contributed by atoms with E-state index in [2.05, 4.69) is 5.32 Å². The SMILES string of the molecule is CCc1ccccc1NC(=O)c1cccc(N2C[C@@H](C(=O)O)CC2=O)c1. The van der Waals surface area contributed by atoms with E-state index in [1.54, 1.807) is 24.3 Å². The second-order valence-electron chi connectivity index (χ2n) is 6.26. The van der Waals surface area contributed by atoms with Crippen LogP contribution in [0.3, 0.4) is 0 Å². The number of hydrogen-bond donors (Lipinski definition) is 2. The molecule has 0 aromatic heterocycles. The van der Waals surface area contributed by atoms with Crippen molar-refractivity contribution in [1.29, 1.82) is 0 Å². The molecule has 26 heavy (non-hydrogen) atoms. The van der Waals surface area contributed by atoms with E-state index >= 15 is 0 Å². The molecule has 134 valence electrons. The van der Waals surface area contributed by atoms with Crippen molar-refractivity contribution in [2.24, 2.45) is 5.92 Å². The molecule has 2 aromatic rings. The molecule has 6 nitrogen and oxygen atoms in total. The summed E-state index contributed by atoms with van der Waals surface area (Å²) in [7, 11) is 0. The Kier molecular flexibility index (Phi) is 5.02. The van der Waals surface area contributed by atoms with E-state index < -0.39 is 11.9 Å². The largest absolute Gasteiger partial charge is 0.481 e. The number of rotatable bonds is 5. The Labute approximate surface area is 151 Å². The molecule has 0 spiro atoms. The van der Waals surface area contributed by atoms with Gasteiger partial charge in [0.2, 0.25) is 5.91 Å². The molecule has 0 radical (unpaired) electrons. The molecule has 1 fully saturated rings. The molecule has 0 saturated carbocycles. The lowest BCUT2D eigenvalue weighted by atomic mass is 10.1.